The Hall–Kier alpha value is -8.24. The molecule has 13 rings (SSSR count). The van der Waals surface area contributed by atoms with Crippen LogP contribution in [0.15, 0.2) is 243 Å². The lowest BCUT2D eigenvalue weighted by molar-refractivity contribution is 1.18. The summed E-state index contributed by atoms with van der Waals surface area (Å²) >= 11 is 1.89. The van der Waals surface area contributed by atoms with E-state index in [1.54, 1.807) is 0 Å². The van der Waals surface area contributed by atoms with Crippen molar-refractivity contribution in [2.75, 3.05) is 4.90 Å². The minimum atomic E-state index is 1.10. The fraction of sp³-hybridized carbons (Fsp3) is 0. The summed E-state index contributed by atoms with van der Waals surface area (Å²) < 4.78 is 4.96. The molecule has 0 aliphatic heterocycles. The van der Waals surface area contributed by atoms with Crippen molar-refractivity contribution < 1.29 is 0 Å². The van der Waals surface area contributed by atoms with Crippen LogP contribution in [0.25, 0.3) is 103 Å². The number of anilines is 3. The van der Waals surface area contributed by atoms with Gasteiger partial charge in [-0.05, 0) is 116 Å². The number of hydrogen-bond donors (Lipinski definition) is 0. The fourth-order valence-corrected chi connectivity index (χ4v) is 11.4. The van der Waals surface area contributed by atoms with E-state index in [0.717, 1.165) is 22.7 Å². The number of aromatic nitrogens is 1. The Morgan fingerprint density at radius 1 is 0.338 bits per heavy atom. The lowest BCUT2D eigenvalue weighted by Gasteiger charge is -2.28. The monoisotopic (exact) mass is 844 g/mol. The average Bonchev–Trinajstić information content (AvgIpc) is 3.94. The molecule has 0 bridgehead atoms. The van der Waals surface area contributed by atoms with Gasteiger partial charge in [0.2, 0.25) is 0 Å². The molecule has 2 aromatic heterocycles. The molecule has 3 heteroatoms. The molecular weight excluding hydrogens is 805 g/mol. The minimum absolute atomic E-state index is 1.10. The number of hydrogen-bond acceptors (Lipinski definition) is 2. The Labute approximate surface area is 381 Å². The van der Waals surface area contributed by atoms with Crippen LogP contribution < -0.4 is 4.90 Å². The highest BCUT2D eigenvalue weighted by molar-refractivity contribution is 7.26. The molecule has 13 aromatic rings. The third-order valence-corrected chi connectivity index (χ3v) is 14.4. The van der Waals surface area contributed by atoms with Gasteiger partial charge in [0.05, 0.1) is 16.7 Å². The van der Waals surface area contributed by atoms with Gasteiger partial charge in [0.15, 0.2) is 0 Å². The zero-order valence-corrected chi connectivity index (χ0v) is 36.2. The van der Waals surface area contributed by atoms with E-state index in [1.165, 1.54) is 96.9 Å². The normalized spacial score (nSPS) is 11.7. The molecule has 0 fully saturated rings. The molecule has 2 heterocycles. The predicted octanol–water partition coefficient (Wildman–Crippen LogP) is 17.9. The maximum atomic E-state index is 2.48. The van der Waals surface area contributed by atoms with Crippen molar-refractivity contribution in [3.63, 3.8) is 0 Å². The molecule has 0 saturated heterocycles. The van der Waals surface area contributed by atoms with Crippen LogP contribution in [0, 0.1) is 0 Å². The summed E-state index contributed by atoms with van der Waals surface area (Å²) in [5.41, 5.74) is 14.2. The van der Waals surface area contributed by atoms with E-state index in [0.29, 0.717) is 0 Å². The van der Waals surface area contributed by atoms with Crippen molar-refractivity contribution in [2.45, 2.75) is 0 Å². The molecule has 0 atom stereocenters. The number of para-hydroxylation sites is 2. The van der Waals surface area contributed by atoms with E-state index in [9.17, 15) is 0 Å². The molecule has 0 aliphatic rings. The van der Waals surface area contributed by atoms with Gasteiger partial charge in [-0.15, -0.1) is 11.3 Å². The Balaban J connectivity index is 1.04. The summed E-state index contributed by atoms with van der Waals surface area (Å²) in [4.78, 5) is 2.48. The van der Waals surface area contributed by atoms with Crippen molar-refractivity contribution in [1.29, 1.82) is 0 Å². The average molecular weight is 845 g/mol. The van der Waals surface area contributed by atoms with Gasteiger partial charge in [-0.3, -0.25) is 0 Å². The maximum absolute atomic E-state index is 2.48. The summed E-state index contributed by atoms with van der Waals surface area (Å²) in [7, 11) is 0. The number of benzene rings is 11. The minimum Gasteiger partial charge on any atom is -0.310 e. The molecule has 65 heavy (non-hydrogen) atoms. The summed E-state index contributed by atoms with van der Waals surface area (Å²) in [6.45, 7) is 0. The van der Waals surface area contributed by atoms with E-state index in [4.69, 9.17) is 0 Å². The first-order valence-electron chi connectivity index (χ1n) is 22.2. The highest BCUT2D eigenvalue weighted by atomic mass is 32.1. The van der Waals surface area contributed by atoms with Gasteiger partial charge in [0, 0.05) is 53.6 Å². The quantitative estimate of drug-likeness (QED) is 0.155. The number of thiophene rings is 1. The van der Waals surface area contributed by atoms with Crippen molar-refractivity contribution in [2.24, 2.45) is 0 Å². The number of fused-ring (bicyclic) bond motifs is 8. The van der Waals surface area contributed by atoms with E-state index in [2.05, 4.69) is 252 Å². The molecule has 2 nitrogen and oxygen atoms in total. The molecule has 0 saturated carbocycles. The van der Waals surface area contributed by atoms with Gasteiger partial charge in [0.25, 0.3) is 0 Å². The first kappa shape index (κ1) is 37.3. The second-order valence-electron chi connectivity index (χ2n) is 16.8. The summed E-state index contributed by atoms with van der Waals surface area (Å²) in [6.07, 6.45) is 0. The molecule has 0 N–H and O–H groups in total. The predicted molar refractivity (Wildman–Crippen MR) is 280 cm³/mol. The maximum Gasteiger partial charge on any atom is 0.0555 e. The van der Waals surface area contributed by atoms with Crippen LogP contribution in [0.5, 0.6) is 0 Å². The van der Waals surface area contributed by atoms with Crippen LogP contribution in [0.1, 0.15) is 0 Å². The number of rotatable bonds is 7. The standard InChI is InChI=1S/C62H40N2S/c1-2-20-47(21-3-1)64-56-28-10-8-24-54(56)60-51(26-14-29-57(60)64)46-19-12-22-49(40-46)63(48-35-33-42(34-36-48)45-32-31-41-15-4-5-17-44(41)39-45)58-38-37-53(52-27-13-18-43-16-6-7-23-50(43)52)62-61(58)55-25-9-11-30-59(55)65-62/h1-40H. The van der Waals surface area contributed by atoms with Crippen molar-refractivity contribution >= 4 is 91.9 Å². The van der Waals surface area contributed by atoms with Crippen LogP contribution in [0.4, 0.5) is 17.1 Å². The fourth-order valence-electron chi connectivity index (χ4n) is 10.2. The zero-order chi connectivity index (χ0) is 42.8. The lowest BCUT2D eigenvalue weighted by atomic mass is 9.95. The van der Waals surface area contributed by atoms with E-state index in [-0.39, 0.29) is 0 Å². The van der Waals surface area contributed by atoms with Crippen molar-refractivity contribution in [1.82, 2.24) is 4.57 Å². The Morgan fingerprint density at radius 3 is 1.88 bits per heavy atom. The van der Waals surface area contributed by atoms with Gasteiger partial charge in [-0.2, -0.15) is 0 Å². The number of nitrogens with zero attached hydrogens (tertiary/aromatic N) is 2. The second-order valence-corrected chi connectivity index (χ2v) is 17.9. The highest BCUT2D eigenvalue weighted by Crippen LogP contribution is 2.50. The van der Waals surface area contributed by atoms with E-state index in [1.807, 2.05) is 11.3 Å². The molecule has 0 spiro atoms. The van der Waals surface area contributed by atoms with Gasteiger partial charge in [-0.25, -0.2) is 0 Å². The molecule has 0 unspecified atom stereocenters. The molecule has 0 aliphatic carbocycles. The van der Waals surface area contributed by atoms with Crippen molar-refractivity contribution in [3.05, 3.63) is 243 Å². The molecule has 0 radical (unpaired) electrons. The second kappa shape index (κ2) is 15.2. The highest BCUT2D eigenvalue weighted by Gasteiger charge is 2.23. The van der Waals surface area contributed by atoms with Crippen LogP contribution in [-0.2, 0) is 0 Å². The summed E-state index contributed by atoms with van der Waals surface area (Å²) in [5, 5.41) is 10.0. The Morgan fingerprint density at radius 2 is 1.00 bits per heavy atom. The zero-order valence-electron chi connectivity index (χ0n) is 35.4. The van der Waals surface area contributed by atoms with Crippen molar-refractivity contribution in [3.8, 4) is 39.1 Å². The first-order chi connectivity index (χ1) is 32.2. The van der Waals surface area contributed by atoms with Gasteiger partial charge < -0.3 is 9.47 Å². The molecule has 0 amide bonds. The Bertz CT molecular complexity index is 3950. The third-order valence-electron chi connectivity index (χ3n) is 13.2. The van der Waals surface area contributed by atoms with Crippen LogP contribution in [0.3, 0.4) is 0 Å². The van der Waals surface area contributed by atoms with Crippen LogP contribution >= 0.6 is 11.3 Å². The van der Waals surface area contributed by atoms with Crippen LogP contribution in [0.2, 0.25) is 0 Å². The molecule has 11 aromatic carbocycles. The van der Waals surface area contributed by atoms with Crippen LogP contribution in [-0.4, -0.2) is 4.57 Å². The van der Waals surface area contributed by atoms with Gasteiger partial charge in [-0.1, -0.05) is 176 Å². The van der Waals surface area contributed by atoms with Gasteiger partial charge >= 0.3 is 0 Å². The van der Waals surface area contributed by atoms with Gasteiger partial charge in [0.1, 0.15) is 0 Å². The van der Waals surface area contributed by atoms with E-state index >= 15 is 0 Å². The molecule has 304 valence electrons. The molecular formula is C62H40N2S. The smallest absolute Gasteiger partial charge is 0.0555 e. The van der Waals surface area contributed by atoms with E-state index < -0.39 is 0 Å². The topological polar surface area (TPSA) is 8.17 Å². The summed E-state index contributed by atoms with van der Waals surface area (Å²) in [5.74, 6) is 0. The lowest BCUT2D eigenvalue weighted by Crippen LogP contribution is -2.10. The summed E-state index contributed by atoms with van der Waals surface area (Å²) in [6, 6.07) is 89.0. The largest absolute Gasteiger partial charge is 0.310 e. The first-order valence-corrected chi connectivity index (χ1v) is 23.1. The third kappa shape index (κ3) is 6.16. The SMILES string of the molecule is c1ccc(-n2c3ccccc3c3c(-c4cccc(N(c5ccc(-c6ccc7ccccc7c6)cc5)c5ccc(-c6cccc7ccccc67)c6sc7ccccc7c56)c4)cccc32)cc1. The Kier molecular flexibility index (Phi) is 8.75.